The second kappa shape index (κ2) is 8.01. The van der Waals surface area contributed by atoms with Gasteiger partial charge in [-0.1, -0.05) is 42.5 Å². The second-order valence-electron chi connectivity index (χ2n) is 7.36. The third-order valence-corrected chi connectivity index (χ3v) is 5.67. The maximum atomic E-state index is 13.3. The Morgan fingerprint density at radius 2 is 1.44 bits per heavy atom. The van der Waals surface area contributed by atoms with Gasteiger partial charge in [0.2, 0.25) is 5.91 Å². The third kappa shape index (κ3) is 3.78. The molecule has 0 bridgehead atoms. The Kier molecular flexibility index (Phi) is 5.30. The van der Waals surface area contributed by atoms with E-state index in [1.807, 2.05) is 41.3 Å². The molecule has 0 saturated carbocycles. The van der Waals surface area contributed by atoms with E-state index in [2.05, 4.69) is 21.9 Å². The summed E-state index contributed by atoms with van der Waals surface area (Å²) < 4.78 is 0. The van der Waals surface area contributed by atoms with Crippen molar-refractivity contribution >= 4 is 11.6 Å². The predicted molar refractivity (Wildman–Crippen MR) is 107 cm³/mol. The van der Waals surface area contributed by atoms with Crippen LogP contribution in [0.3, 0.4) is 0 Å². The van der Waals surface area contributed by atoms with Gasteiger partial charge in [-0.05, 0) is 30.5 Å². The van der Waals surface area contributed by atoms with Gasteiger partial charge in [-0.25, -0.2) is 0 Å². The summed E-state index contributed by atoms with van der Waals surface area (Å²) in [6.07, 6.45) is 2.21. The minimum absolute atomic E-state index is 0.212. The number of aromatic hydroxyl groups is 1. The summed E-state index contributed by atoms with van der Waals surface area (Å²) in [5.41, 5.74) is 1.95. The average molecular weight is 365 g/mol. The molecule has 5 heteroatoms. The van der Waals surface area contributed by atoms with Crippen molar-refractivity contribution in [2.24, 2.45) is 0 Å². The number of piperazine rings is 1. The van der Waals surface area contributed by atoms with E-state index in [0.717, 1.165) is 63.4 Å². The Hall–Kier alpha value is -2.53. The number of amides is 1. The van der Waals surface area contributed by atoms with Crippen molar-refractivity contribution in [2.75, 3.05) is 44.2 Å². The highest BCUT2D eigenvalue weighted by atomic mass is 16.3. The highest BCUT2D eigenvalue weighted by Gasteiger charge is 2.34. The first-order chi connectivity index (χ1) is 13.2. The van der Waals surface area contributed by atoms with E-state index >= 15 is 0 Å². The molecule has 0 aliphatic carbocycles. The first-order valence-corrected chi connectivity index (χ1v) is 9.85. The van der Waals surface area contributed by atoms with Crippen LogP contribution in [0.5, 0.6) is 5.75 Å². The number of benzene rings is 2. The molecule has 142 valence electrons. The Morgan fingerprint density at radius 3 is 2.11 bits per heavy atom. The highest BCUT2D eigenvalue weighted by Crippen LogP contribution is 2.30. The van der Waals surface area contributed by atoms with E-state index in [4.69, 9.17) is 0 Å². The third-order valence-electron chi connectivity index (χ3n) is 5.67. The molecule has 0 aromatic heterocycles. The van der Waals surface area contributed by atoms with Gasteiger partial charge in [-0.15, -0.1) is 0 Å². The van der Waals surface area contributed by atoms with Gasteiger partial charge >= 0.3 is 0 Å². The normalized spacial score (nSPS) is 19.3. The molecule has 2 aliphatic rings. The molecule has 2 saturated heterocycles. The summed E-state index contributed by atoms with van der Waals surface area (Å²) in [5.74, 6) is 0.549. The fourth-order valence-corrected chi connectivity index (χ4v) is 4.21. The maximum Gasteiger partial charge on any atom is 0.244 e. The molecule has 0 unspecified atom stereocenters. The minimum atomic E-state index is -0.212. The summed E-state index contributed by atoms with van der Waals surface area (Å²) in [5, 5.41) is 10.1. The van der Waals surface area contributed by atoms with Crippen LogP contribution in [-0.2, 0) is 4.79 Å². The van der Waals surface area contributed by atoms with Crippen molar-refractivity contribution < 1.29 is 9.90 Å². The van der Waals surface area contributed by atoms with Crippen LogP contribution in [0.4, 0.5) is 5.69 Å². The molecule has 1 amide bonds. The summed E-state index contributed by atoms with van der Waals surface area (Å²) in [6.45, 7) is 4.95. The van der Waals surface area contributed by atoms with Gasteiger partial charge in [0.05, 0.1) is 5.69 Å². The number of phenolic OH excluding ortho intramolecular Hbond substituents is 1. The number of anilines is 1. The summed E-state index contributed by atoms with van der Waals surface area (Å²) in [7, 11) is 0. The van der Waals surface area contributed by atoms with Crippen molar-refractivity contribution in [3.8, 4) is 5.75 Å². The van der Waals surface area contributed by atoms with Gasteiger partial charge in [0.1, 0.15) is 11.8 Å². The number of phenols is 1. The van der Waals surface area contributed by atoms with Crippen molar-refractivity contribution in [3.05, 3.63) is 60.2 Å². The molecule has 4 rings (SSSR count). The molecule has 0 radical (unpaired) electrons. The van der Waals surface area contributed by atoms with Gasteiger partial charge in [0.25, 0.3) is 0 Å². The number of likely N-dealkylation sites (tertiary alicyclic amines) is 1. The maximum absolute atomic E-state index is 13.3. The van der Waals surface area contributed by atoms with E-state index in [1.165, 1.54) is 0 Å². The van der Waals surface area contributed by atoms with Crippen LogP contribution in [0.2, 0.25) is 0 Å². The van der Waals surface area contributed by atoms with E-state index < -0.39 is 0 Å². The quantitative estimate of drug-likeness (QED) is 0.905. The molecular formula is C22H27N3O2. The van der Waals surface area contributed by atoms with Gasteiger partial charge < -0.3 is 14.9 Å². The van der Waals surface area contributed by atoms with Crippen molar-refractivity contribution in [1.29, 1.82) is 0 Å². The van der Waals surface area contributed by atoms with E-state index in [-0.39, 0.29) is 11.9 Å². The second-order valence-corrected chi connectivity index (χ2v) is 7.36. The molecule has 27 heavy (non-hydrogen) atoms. The molecule has 2 aromatic carbocycles. The lowest BCUT2D eigenvalue weighted by Gasteiger charge is -2.40. The number of hydrogen-bond acceptors (Lipinski definition) is 4. The zero-order valence-electron chi connectivity index (χ0n) is 15.6. The Morgan fingerprint density at radius 1 is 0.815 bits per heavy atom. The Labute approximate surface area is 160 Å². The van der Waals surface area contributed by atoms with Gasteiger partial charge in [-0.2, -0.15) is 0 Å². The average Bonchev–Trinajstić information content (AvgIpc) is 3.25. The first-order valence-electron chi connectivity index (χ1n) is 9.85. The van der Waals surface area contributed by atoms with Crippen LogP contribution >= 0.6 is 0 Å². The van der Waals surface area contributed by atoms with Gasteiger partial charge in [0, 0.05) is 39.3 Å². The van der Waals surface area contributed by atoms with Crippen molar-refractivity contribution in [1.82, 2.24) is 9.80 Å². The van der Waals surface area contributed by atoms with Crippen LogP contribution in [0.1, 0.15) is 24.4 Å². The first kappa shape index (κ1) is 17.9. The molecule has 1 atom stereocenters. The zero-order chi connectivity index (χ0) is 18.6. The summed E-state index contributed by atoms with van der Waals surface area (Å²) >= 11 is 0. The van der Waals surface area contributed by atoms with E-state index in [0.29, 0.717) is 5.75 Å². The molecule has 0 spiro atoms. The predicted octanol–water partition coefficient (Wildman–Crippen LogP) is 2.88. The van der Waals surface area contributed by atoms with E-state index in [1.54, 1.807) is 6.07 Å². The molecular weight excluding hydrogens is 338 g/mol. The van der Waals surface area contributed by atoms with Crippen LogP contribution in [0.25, 0.3) is 0 Å². The van der Waals surface area contributed by atoms with Crippen molar-refractivity contribution in [2.45, 2.75) is 18.9 Å². The van der Waals surface area contributed by atoms with Gasteiger partial charge in [-0.3, -0.25) is 9.69 Å². The number of para-hydroxylation sites is 2. The lowest BCUT2D eigenvalue weighted by atomic mass is 10.0. The standard InChI is InChI=1S/C22H27N3O2/c26-20-11-5-4-10-19(20)23-14-16-24(17-15-23)21(18-8-2-1-3-9-18)22(27)25-12-6-7-13-25/h1-5,8-11,21,26H,6-7,12-17H2/t21-/m0/s1. The number of rotatable bonds is 4. The molecule has 1 N–H and O–H groups in total. The monoisotopic (exact) mass is 365 g/mol. The Balaban J connectivity index is 1.52. The van der Waals surface area contributed by atoms with Crippen LogP contribution in [-0.4, -0.2) is 60.1 Å². The molecule has 2 fully saturated rings. The highest BCUT2D eigenvalue weighted by molar-refractivity contribution is 5.83. The minimum Gasteiger partial charge on any atom is -0.506 e. The SMILES string of the molecule is O=C([C@H](c1ccccc1)N1CCN(c2ccccc2O)CC1)N1CCCC1. The Bertz CT molecular complexity index is 766. The summed E-state index contributed by atoms with van der Waals surface area (Å²) in [6, 6.07) is 17.4. The van der Waals surface area contributed by atoms with Crippen LogP contribution < -0.4 is 4.90 Å². The lowest BCUT2D eigenvalue weighted by molar-refractivity contribution is -0.136. The smallest absolute Gasteiger partial charge is 0.244 e. The zero-order valence-corrected chi connectivity index (χ0v) is 15.6. The van der Waals surface area contributed by atoms with Crippen LogP contribution in [0, 0.1) is 0 Å². The summed E-state index contributed by atoms with van der Waals surface area (Å²) in [4.78, 5) is 19.8. The van der Waals surface area contributed by atoms with Gasteiger partial charge in [0.15, 0.2) is 0 Å². The van der Waals surface area contributed by atoms with E-state index in [9.17, 15) is 9.90 Å². The van der Waals surface area contributed by atoms with Crippen LogP contribution in [0.15, 0.2) is 54.6 Å². The van der Waals surface area contributed by atoms with Crippen molar-refractivity contribution in [3.63, 3.8) is 0 Å². The molecule has 2 heterocycles. The fourth-order valence-electron chi connectivity index (χ4n) is 4.21. The topological polar surface area (TPSA) is 47.0 Å². The number of carbonyl (C=O) groups is 1. The lowest BCUT2D eigenvalue weighted by Crippen LogP contribution is -2.51. The molecule has 5 nitrogen and oxygen atoms in total. The molecule has 2 aliphatic heterocycles. The molecule has 2 aromatic rings. The fraction of sp³-hybridized carbons (Fsp3) is 0.409. The number of hydrogen-bond donors (Lipinski definition) is 1. The number of nitrogens with zero attached hydrogens (tertiary/aromatic N) is 3. The number of carbonyl (C=O) groups excluding carboxylic acids is 1. The largest absolute Gasteiger partial charge is 0.506 e.